The maximum Gasteiger partial charge on any atom is 0.305 e. The number of hydrogen-bond acceptors (Lipinski definition) is 2. The Balaban J connectivity index is 1.68. The van der Waals surface area contributed by atoms with Gasteiger partial charge in [0.05, 0.1) is 0 Å². The summed E-state index contributed by atoms with van der Waals surface area (Å²) in [5.41, 5.74) is 2.79. The molecule has 0 radical (unpaired) electrons. The highest BCUT2D eigenvalue weighted by molar-refractivity contribution is 5.93. The van der Waals surface area contributed by atoms with Gasteiger partial charge in [-0.3, -0.25) is 4.79 Å². The van der Waals surface area contributed by atoms with E-state index in [9.17, 15) is 23.1 Å². The van der Waals surface area contributed by atoms with E-state index in [1.54, 1.807) is 25.1 Å². The Morgan fingerprint density at radius 1 is 1.18 bits per heavy atom. The zero-order valence-corrected chi connectivity index (χ0v) is 20.0. The first-order chi connectivity index (χ1) is 15.9. The van der Waals surface area contributed by atoms with E-state index in [1.165, 1.54) is 11.1 Å². The fourth-order valence-corrected chi connectivity index (χ4v) is 7.21. The average Bonchev–Trinajstić information content (AvgIpc) is 3.04. The first kappa shape index (κ1) is 23.4. The van der Waals surface area contributed by atoms with Gasteiger partial charge in [-0.15, -0.1) is 0 Å². The minimum absolute atomic E-state index is 0.102. The zero-order valence-electron chi connectivity index (χ0n) is 20.0. The summed E-state index contributed by atoms with van der Waals surface area (Å²) in [5, 5.41) is 11.7. The number of hydrogen-bond donors (Lipinski definition) is 1. The van der Waals surface area contributed by atoms with Gasteiger partial charge in [-0.05, 0) is 97.6 Å². The van der Waals surface area contributed by atoms with Crippen molar-refractivity contribution in [2.45, 2.75) is 83.2 Å². The summed E-state index contributed by atoms with van der Waals surface area (Å²) in [6.07, 6.45) is 6.17. The third kappa shape index (κ3) is 3.66. The van der Waals surface area contributed by atoms with Crippen molar-refractivity contribution in [3.05, 3.63) is 57.9 Å². The Kier molecular flexibility index (Phi) is 5.41. The molecule has 0 amide bonds. The number of aryl methyl sites for hydroxylation is 1. The number of fused-ring (bicyclic) bond motifs is 4. The van der Waals surface area contributed by atoms with Gasteiger partial charge < -0.3 is 5.11 Å². The SMILES string of the molecule is Cc1ccc([C@H]2C[C@@]3(C)[C@@H](CC[C@@]3(O)C#CC(C)(F)F)[C@@H]3CCC4=CC(=O)CCC4=C32)cc1F. The number of carbonyl (C=O) groups is 1. The lowest BCUT2D eigenvalue weighted by Gasteiger charge is -2.53. The third-order valence-corrected chi connectivity index (χ3v) is 8.97. The summed E-state index contributed by atoms with van der Waals surface area (Å²) < 4.78 is 42.0. The Hall–Kier alpha value is -2.32. The quantitative estimate of drug-likeness (QED) is 0.483. The van der Waals surface area contributed by atoms with Crippen LogP contribution in [0.5, 0.6) is 0 Å². The van der Waals surface area contributed by atoms with Crippen LogP contribution in [0.2, 0.25) is 0 Å². The predicted molar refractivity (Wildman–Crippen MR) is 125 cm³/mol. The van der Waals surface area contributed by atoms with Gasteiger partial charge in [-0.1, -0.05) is 30.6 Å². The number of benzene rings is 1. The molecule has 5 rings (SSSR count). The number of carbonyl (C=O) groups excluding carboxylic acids is 1. The van der Waals surface area contributed by atoms with E-state index in [1.807, 2.05) is 18.9 Å². The van der Waals surface area contributed by atoms with Crippen LogP contribution < -0.4 is 0 Å². The van der Waals surface area contributed by atoms with Crippen LogP contribution >= 0.6 is 0 Å². The van der Waals surface area contributed by atoms with Crippen molar-refractivity contribution in [3.63, 3.8) is 0 Å². The van der Waals surface area contributed by atoms with Crippen LogP contribution in [0.1, 0.15) is 75.8 Å². The van der Waals surface area contributed by atoms with Gasteiger partial charge in [0.15, 0.2) is 5.78 Å². The number of alkyl halides is 2. The topological polar surface area (TPSA) is 37.3 Å². The molecule has 1 aromatic carbocycles. The van der Waals surface area contributed by atoms with Crippen molar-refractivity contribution in [3.8, 4) is 11.8 Å². The molecule has 0 aliphatic heterocycles. The minimum atomic E-state index is -3.18. The highest BCUT2D eigenvalue weighted by atomic mass is 19.3. The van der Waals surface area contributed by atoms with Crippen molar-refractivity contribution < 1.29 is 23.1 Å². The molecule has 5 heteroatoms. The van der Waals surface area contributed by atoms with E-state index in [0.717, 1.165) is 30.9 Å². The van der Waals surface area contributed by atoms with Crippen molar-refractivity contribution in [2.75, 3.05) is 0 Å². The maximum atomic E-state index is 14.7. The average molecular weight is 469 g/mol. The molecule has 1 N–H and O–H groups in total. The van der Waals surface area contributed by atoms with E-state index < -0.39 is 16.9 Å². The van der Waals surface area contributed by atoms with Gasteiger partial charge in [0.2, 0.25) is 0 Å². The lowest BCUT2D eigenvalue weighted by Crippen LogP contribution is -2.51. The molecule has 180 valence electrons. The molecule has 2 nitrogen and oxygen atoms in total. The lowest BCUT2D eigenvalue weighted by atomic mass is 9.51. The molecular weight excluding hydrogens is 437 g/mol. The number of aliphatic hydroxyl groups is 1. The number of allylic oxidation sites excluding steroid dienone is 4. The molecule has 5 atom stereocenters. The Labute approximate surface area is 199 Å². The Morgan fingerprint density at radius 2 is 1.94 bits per heavy atom. The molecular formula is C29H31F3O2. The number of ketones is 1. The second-order valence-corrected chi connectivity index (χ2v) is 11.0. The molecule has 0 aromatic heterocycles. The highest BCUT2D eigenvalue weighted by Gasteiger charge is 2.62. The van der Waals surface area contributed by atoms with Crippen molar-refractivity contribution in [1.29, 1.82) is 0 Å². The lowest BCUT2D eigenvalue weighted by molar-refractivity contribution is -0.114. The van der Waals surface area contributed by atoms with E-state index in [-0.39, 0.29) is 29.4 Å². The van der Waals surface area contributed by atoms with Gasteiger partial charge in [0.25, 0.3) is 0 Å². The Bertz CT molecular complexity index is 1180. The van der Waals surface area contributed by atoms with Crippen LogP contribution in [-0.4, -0.2) is 22.4 Å². The van der Waals surface area contributed by atoms with Crippen LogP contribution in [0.3, 0.4) is 0 Å². The van der Waals surface area contributed by atoms with Crippen LogP contribution in [0, 0.1) is 41.8 Å². The van der Waals surface area contributed by atoms with E-state index in [4.69, 9.17) is 0 Å². The van der Waals surface area contributed by atoms with Crippen LogP contribution in [-0.2, 0) is 4.79 Å². The van der Waals surface area contributed by atoms with Gasteiger partial charge in [-0.2, -0.15) is 8.78 Å². The molecule has 0 unspecified atom stereocenters. The van der Waals surface area contributed by atoms with E-state index in [0.29, 0.717) is 37.7 Å². The molecule has 4 aliphatic rings. The summed E-state index contributed by atoms with van der Waals surface area (Å²) in [6, 6.07) is 5.31. The predicted octanol–water partition coefficient (Wildman–Crippen LogP) is 6.42. The largest absolute Gasteiger partial charge is 0.377 e. The van der Waals surface area contributed by atoms with Gasteiger partial charge in [-0.25, -0.2) is 4.39 Å². The monoisotopic (exact) mass is 468 g/mol. The summed E-state index contributed by atoms with van der Waals surface area (Å²) >= 11 is 0. The summed E-state index contributed by atoms with van der Waals surface area (Å²) in [6.45, 7) is 4.47. The molecule has 2 saturated carbocycles. The van der Waals surface area contributed by atoms with Crippen LogP contribution in [0.4, 0.5) is 13.2 Å². The van der Waals surface area contributed by atoms with Crippen LogP contribution in [0.25, 0.3) is 0 Å². The second kappa shape index (κ2) is 7.85. The van der Waals surface area contributed by atoms with Gasteiger partial charge in [0, 0.05) is 24.7 Å². The molecule has 0 bridgehead atoms. The number of halogens is 3. The summed E-state index contributed by atoms with van der Waals surface area (Å²) in [5.74, 6) is 1.42. The highest BCUT2D eigenvalue weighted by Crippen LogP contribution is 2.66. The molecule has 4 aliphatic carbocycles. The van der Waals surface area contributed by atoms with Crippen molar-refractivity contribution in [1.82, 2.24) is 0 Å². The van der Waals surface area contributed by atoms with Crippen LogP contribution in [0.15, 0.2) is 41.0 Å². The summed E-state index contributed by atoms with van der Waals surface area (Å²) in [4.78, 5) is 12.1. The van der Waals surface area contributed by atoms with E-state index in [2.05, 4.69) is 5.92 Å². The fraction of sp³-hybridized carbons (Fsp3) is 0.552. The van der Waals surface area contributed by atoms with Crippen molar-refractivity contribution >= 4 is 5.78 Å². The van der Waals surface area contributed by atoms with Gasteiger partial charge >= 0.3 is 5.92 Å². The molecule has 1 aromatic rings. The maximum absolute atomic E-state index is 14.7. The molecule has 0 saturated heterocycles. The fourth-order valence-electron chi connectivity index (χ4n) is 7.21. The molecule has 2 fully saturated rings. The second-order valence-electron chi connectivity index (χ2n) is 11.0. The first-order valence-corrected chi connectivity index (χ1v) is 12.3. The minimum Gasteiger partial charge on any atom is -0.377 e. The zero-order chi connectivity index (χ0) is 24.5. The first-order valence-electron chi connectivity index (χ1n) is 12.3. The normalized spacial score (nSPS) is 35.1. The Morgan fingerprint density at radius 3 is 2.65 bits per heavy atom. The smallest absolute Gasteiger partial charge is 0.305 e. The molecule has 34 heavy (non-hydrogen) atoms. The summed E-state index contributed by atoms with van der Waals surface area (Å²) in [7, 11) is 0. The molecule has 0 spiro atoms. The van der Waals surface area contributed by atoms with Gasteiger partial charge in [0.1, 0.15) is 11.4 Å². The third-order valence-electron chi connectivity index (χ3n) is 8.97. The standard InChI is InChI=1S/C29H31F3O2/c1-17-4-5-19(15-25(17)30)23-16-27(2)24(10-11-29(27,34)13-12-28(3,31)32)22-8-6-18-14-20(33)7-9-21(18)26(22)23/h4-5,14-15,22-24,34H,6-11,16H2,1-3H3/t22-,23+,24-,27-,29+/m0/s1. The van der Waals surface area contributed by atoms with E-state index >= 15 is 0 Å². The number of rotatable bonds is 1. The van der Waals surface area contributed by atoms with Crippen molar-refractivity contribution in [2.24, 2.45) is 17.3 Å². The molecule has 0 heterocycles.